The number of rotatable bonds is 12. The van der Waals surface area contributed by atoms with Gasteiger partial charge in [0.2, 0.25) is 5.95 Å². The van der Waals surface area contributed by atoms with Crippen molar-refractivity contribution in [1.29, 1.82) is 0 Å². The molecule has 326 valence electrons. The molecule has 0 aliphatic heterocycles. The van der Waals surface area contributed by atoms with Gasteiger partial charge in [0, 0.05) is 32.4 Å². The third-order valence-electron chi connectivity index (χ3n) is 11.4. The number of benzene rings is 1. The molecule has 15 nitrogen and oxygen atoms in total. The summed E-state index contributed by atoms with van der Waals surface area (Å²) >= 11 is 5.34. The lowest BCUT2D eigenvalue weighted by molar-refractivity contribution is 0.153. The Kier molecular flexibility index (Phi) is 18.0. The van der Waals surface area contributed by atoms with Gasteiger partial charge in [0.05, 0.1) is 61.1 Å². The number of hydrogen-bond acceptors (Lipinski definition) is 17. The lowest BCUT2D eigenvalue weighted by atomic mass is 10.1. The molecule has 4 aliphatic rings. The molecule has 3 heterocycles. The predicted octanol–water partition coefficient (Wildman–Crippen LogP) is 4.58. The maximum Gasteiger partial charge on any atom is 0.224 e. The minimum absolute atomic E-state index is 0. The van der Waals surface area contributed by atoms with Crippen molar-refractivity contribution in [2.24, 2.45) is 29.4 Å². The second-order valence-electron chi connectivity index (χ2n) is 16.1. The van der Waals surface area contributed by atoms with Gasteiger partial charge >= 0.3 is 0 Å². The molecule has 4 aliphatic carbocycles. The molecule has 8 rings (SSSR count). The molecule has 19 heteroatoms. The first-order valence-corrected chi connectivity index (χ1v) is 23.2. The van der Waals surface area contributed by atoms with E-state index in [-0.39, 0.29) is 74.2 Å². The minimum atomic E-state index is -0.511. The van der Waals surface area contributed by atoms with Crippen LogP contribution in [-0.4, -0.2) is 125 Å². The third-order valence-corrected chi connectivity index (χ3v) is 14.3. The molecule has 4 aromatic rings. The fourth-order valence-electron chi connectivity index (χ4n) is 7.77. The van der Waals surface area contributed by atoms with Gasteiger partial charge in [-0.25, -0.2) is 19.9 Å². The third kappa shape index (κ3) is 12.7. The van der Waals surface area contributed by atoms with Crippen LogP contribution in [0, 0.1) is 41.1 Å². The normalized spacial score (nSPS) is 27.3. The summed E-state index contributed by atoms with van der Waals surface area (Å²) < 4.78 is 2.10. The number of thioether (sulfide) groups is 1. The first-order valence-electron chi connectivity index (χ1n) is 20.1. The molecule has 0 bridgehead atoms. The number of fused-ring (bicyclic) bond motifs is 1. The van der Waals surface area contributed by atoms with Crippen LogP contribution in [0.25, 0.3) is 20.8 Å². The number of nitrogens with one attached hydrogen (secondary N) is 3. The molecule has 3 aromatic heterocycles. The van der Waals surface area contributed by atoms with Crippen LogP contribution < -0.4 is 21.7 Å². The highest BCUT2D eigenvalue weighted by Gasteiger charge is 2.35. The number of anilines is 3. The van der Waals surface area contributed by atoms with Gasteiger partial charge in [0.15, 0.2) is 5.16 Å². The van der Waals surface area contributed by atoms with Crippen molar-refractivity contribution in [2.75, 3.05) is 48.6 Å². The van der Waals surface area contributed by atoms with E-state index in [1.54, 1.807) is 11.3 Å². The van der Waals surface area contributed by atoms with Gasteiger partial charge in [-0.2, -0.15) is 4.98 Å². The van der Waals surface area contributed by atoms with Gasteiger partial charge in [-0.1, -0.05) is 23.9 Å². The molecule has 4 fully saturated rings. The first kappa shape index (κ1) is 47.8. The maximum atomic E-state index is 10.5. The highest BCUT2D eigenvalue weighted by atomic mass is 127. The summed E-state index contributed by atoms with van der Waals surface area (Å²) in [5.41, 5.74) is 9.12. The molecule has 1 aromatic carbocycles. The van der Waals surface area contributed by atoms with E-state index in [1.165, 1.54) is 24.6 Å². The monoisotopic (exact) mass is 987 g/mol. The van der Waals surface area contributed by atoms with Crippen LogP contribution in [-0.2, 0) is 0 Å². The van der Waals surface area contributed by atoms with Crippen LogP contribution in [0.1, 0.15) is 62.8 Å². The highest BCUT2D eigenvalue weighted by Crippen LogP contribution is 2.38. The average molecular weight is 988 g/mol. The number of aliphatic hydroxyl groups excluding tert-OH is 6. The Morgan fingerprint density at radius 3 is 1.86 bits per heavy atom. The van der Waals surface area contributed by atoms with Gasteiger partial charge in [-0.15, -0.1) is 23.7 Å². The highest BCUT2D eigenvalue weighted by molar-refractivity contribution is 14.1. The standard InChI is InChI=1S/C22H27N5O2S.C12H18IN3O2S.C6H13NO2.ClH/c1-12-19(21-26-15-4-2-3-5-18(15)30-21)20(25-16-8-14(11-28)9-17(16)29)27-22(24-12)23-10-13-6-7-13;1-6-10(13)11(16-12(14-6)19-2)15-8-3-7(5-17)4-9(8)18;7-5-1-4(3-8)2-6(5)9;/h2-5,13-14,16-17,28-29H,6-11H2,1H3,(H2,23,24,25,27);7-9,17-18H,3-5H2,1-2H3,(H,14,15,16);4-6,8-9H,1-3,7H2;1H/t14-,16+,17+;7-,8+,9+;4-,5+,6+;/m000./s1. The zero-order chi connectivity index (χ0) is 41.5. The summed E-state index contributed by atoms with van der Waals surface area (Å²) in [7, 11) is 0. The molecule has 0 spiro atoms. The Bertz CT molecular complexity index is 1920. The Hall–Kier alpha value is -2.24. The van der Waals surface area contributed by atoms with Gasteiger partial charge in [0.1, 0.15) is 16.6 Å². The number of nitrogens with zero attached hydrogens (tertiary/aromatic N) is 5. The van der Waals surface area contributed by atoms with E-state index in [4.69, 9.17) is 30.9 Å². The number of para-hydroxylation sites is 1. The van der Waals surface area contributed by atoms with E-state index in [9.17, 15) is 20.4 Å². The first-order chi connectivity index (χ1) is 27.9. The number of halogens is 2. The van der Waals surface area contributed by atoms with Crippen LogP contribution >= 0.6 is 58.1 Å². The molecule has 0 amide bonds. The summed E-state index contributed by atoms with van der Waals surface area (Å²) in [4.78, 5) is 23.2. The number of aliphatic hydroxyl groups is 6. The Labute approximate surface area is 373 Å². The van der Waals surface area contributed by atoms with Crippen molar-refractivity contribution >= 4 is 85.9 Å². The molecule has 0 saturated heterocycles. The fourth-order valence-corrected chi connectivity index (χ4v) is 9.64. The summed E-state index contributed by atoms with van der Waals surface area (Å²) in [5, 5.41) is 68.6. The molecule has 4 saturated carbocycles. The molecule has 59 heavy (non-hydrogen) atoms. The molecule has 0 unspecified atom stereocenters. The summed E-state index contributed by atoms with van der Waals surface area (Å²) in [6.45, 7) is 5.21. The SMILES string of the molecule is CSc1nc(C)c(I)c(N[C@@H]2C[C@H](CO)C[C@H]2O)n1.Cc1nc(NCC2CC2)nc(N[C@@H]2C[C@H](CO)C[C@H]2O)c1-c1nc2ccccc2s1.Cl.N[C@@H]1C[C@H](CO)C[C@H]1O. The van der Waals surface area contributed by atoms with E-state index in [0.29, 0.717) is 37.4 Å². The fraction of sp³-hybridized carbons (Fsp3) is 0.625. The van der Waals surface area contributed by atoms with Crippen molar-refractivity contribution in [3.8, 4) is 10.6 Å². The van der Waals surface area contributed by atoms with E-state index >= 15 is 0 Å². The zero-order valence-corrected chi connectivity index (χ0v) is 38.3. The van der Waals surface area contributed by atoms with E-state index < -0.39 is 12.2 Å². The number of thiazole rings is 1. The van der Waals surface area contributed by atoms with Gasteiger partial charge < -0.3 is 52.3 Å². The summed E-state index contributed by atoms with van der Waals surface area (Å²) in [6, 6.07) is 7.78. The molecular weight excluding hydrogens is 929 g/mol. The molecular formula is C40H59ClIN9O6S2. The lowest BCUT2D eigenvalue weighted by Crippen LogP contribution is -2.29. The van der Waals surface area contributed by atoms with Crippen molar-refractivity contribution in [1.82, 2.24) is 24.9 Å². The van der Waals surface area contributed by atoms with Crippen LogP contribution in [0.2, 0.25) is 0 Å². The topological polar surface area (TPSA) is 248 Å². The van der Waals surface area contributed by atoms with Gasteiger partial charge in [-0.05, 0) is 130 Å². The summed E-state index contributed by atoms with van der Waals surface area (Å²) in [6.07, 6.45) is 7.29. The van der Waals surface area contributed by atoms with E-state index in [0.717, 1.165) is 72.0 Å². The smallest absolute Gasteiger partial charge is 0.224 e. The molecule has 0 radical (unpaired) electrons. The van der Waals surface area contributed by atoms with Crippen molar-refractivity contribution < 1.29 is 30.6 Å². The Balaban J connectivity index is 0.000000195. The van der Waals surface area contributed by atoms with Crippen LogP contribution in [0.5, 0.6) is 0 Å². The second kappa shape index (κ2) is 22.2. The van der Waals surface area contributed by atoms with E-state index in [2.05, 4.69) is 54.6 Å². The number of aromatic nitrogens is 5. The van der Waals surface area contributed by atoms with Crippen LogP contribution in [0.4, 0.5) is 17.6 Å². The number of aryl methyl sites for hydroxylation is 2. The van der Waals surface area contributed by atoms with Crippen molar-refractivity contribution in [3.05, 3.63) is 39.2 Å². The predicted molar refractivity (Wildman–Crippen MR) is 245 cm³/mol. The van der Waals surface area contributed by atoms with Gasteiger partial charge in [0.25, 0.3) is 0 Å². The number of hydrogen-bond donors (Lipinski definition) is 10. The van der Waals surface area contributed by atoms with Crippen LogP contribution in [0.15, 0.2) is 29.4 Å². The minimum Gasteiger partial charge on any atom is -0.396 e. The molecule has 9 atom stereocenters. The lowest BCUT2D eigenvalue weighted by Gasteiger charge is -2.20. The summed E-state index contributed by atoms with van der Waals surface area (Å²) in [5.74, 6) is 3.32. The second-order valence-corrected chi connectivity index (χ2v) is 18.9. The molecule has 11 N–H and O–H groups in total. The Morgan fingerprint density at radius 1 is 0.746 bits per heavy atom. The quantitative estimate of drug-likeness (QED) is 0.0530. The maximum absolute atomic E-state index is 10.5. The Morgan fingerprint density at radius 2 is 1.34 bits per heavy atom. The van der Waals surface area contributed by atoms with Crippen molar-refractivity contribution in [3.63, 3.8) is 0 Å². The average Bonchev–Trinajstić information content (AvgIpc) is 3.47. The van der Waals surface area contributed by atoms with Gasteiger partial charge in [-0.3, -0.25) is 0 Å². The van der Waals surface area contributed by atoms with E-state index in [1.807, 2.05) is 38.3 Å². The zero-order valence-electron chi connectivity index (χ0n) is 33.7. The van der Waals surface area contributed by atoms with Crippen molar-refractivity contribution in [2.45, 2.75) is 107 Å². The van der Waals surface area contributed by atoms with Crippen LogP contribution in [0.3, 0.4) is 0 Å². The number of nitrogens with two attached hydrogens (primary N) is 1. The largest absolute Gasteiger partial charge is 0.396 e.